The maximum Gasteiger partial charge on any atom is 0.174 e. The molecule has 0 amide bonds. The molecule has 0 aromatic heterocycles. The largest absolute Gasteiger partial charge is 0.296 e. The highest BCUT2D eigenvalue weighted by Gasteiger charge is 2.49. The lowest BCUT2D eigenvalue weighted by Crippen LogP contribution is -1.81. The smallest absolute Gasteiger partial charge is 0.174 e. The highest BCUT2D eigenvalue weighted by atomic mass is 19.1. The third-order valence-corrected chi connectivity index (χ3v) is 2.00. The average Bonchev–Trinajstić information content (AvgIpc) is 2.46. The van der Waals surface area contributed by atoms with Gasteiger partial charge in [-0.2, -0.15) is 0 Å². The van der Waals surface area contributed by atoms with Crippen molar-refractivity contribution in [1.29, 1.82) is 0 Å². The van der Waals surface area contributed by atoms with Crippen molar-refractivity contribution < 1.29 is 9.18 Å². The first kappa shape index (κ1) is 7.70. The number of hydrogen-bond donors (Lipinski definition) is 0. The van der Waals surface area contributed by atoms with Gasteiger partial charge in [-0.15, -0.1) is 0 Å². The molecule has 0 saturated heterocycles. The monoisotopic (exact) mass is 144 g/mol. The molecule has 1 fully saturated rings. The van der Waals surface area contributed by atoms with E-state index >= 15 is 0 Å². The Labute approximate surface area is 60.6 Å². The van der Waals surface area contributed by atoms with E-state index in [0.717, 1.165) is 25.7 Å². The van der Waals surface area contributed by atoms with Crippen LogP contribution in [0.4, 0.5) is 4.39 Å². The Morgan fingerprint density at radius 3 is 2.50 bits per heavy atom. The second-order valence-electron chi connectivity index (χ2n) is 2.91. The van der Waals surface area contributed by atoms with Crippen LogP contribution in [0.1, 0.15) is 32.6 Å². The molecule has 0 aliphatic heterocycles. The number of ketones is 1. The Balaban J connectivity index is 2.01. The maximum absolute atomic E-state index is 12.2. The van der Waals surface area contributed by atoms with Crippen LogP contribution in [-0.2, 0) is 4.79 Å². The summed E-state index contributed by atoms with van der Waals surface area (Å²) in [5.74, 6) is -0.386. The maximum atomic E-state index is 12.2. The highest BCUT2D eigenvalue weighted by Crippen LogP contribution is 2.33. The predicted molar refractivity (Wildman–Crippen MR) is 37.5 cm³/mol. The van der Waals surface area contributed by atoms with Crippen LogP contribution >= 0.6 is 0 Å². The van der Waals surface area contributed by atoms with Crippen LogP contribution in [0.15, 0.2) is 0 Å². The number of unbranched alkanes of at least 4 members (excludes halogenated alkanes) is 2. The number of alkyl halides is 1. The van der Waals surface area contributed by atoms with Crippen LogP contribution in [0.25, 0.3) is 0 Å². The molecule has 2 atom stereocenters. The van der Waals surface area contributed by atoms with Gasteiger partial charge in [0.05, 0.1) is 5.92 Å². The molecule has 0 spiro atoms. The van der Waals surface area contributed by atoms with Gasteiger partial charge in [0.25, 0.3) is 0 Å². The van der Waals surface area contributed by atoms with Crippen molar-refractivity contribution >= 4 is 5.78 Å². The molecule has 58 valence electrons. The van der Waals surface area contributed by atoms with Crippen LogP contribution in [0, 0.1) is 5.92 Å². The lowest BCUT2D eigenvalue weighted by atomic mass is 10.1. The van der Waals surface area contributed by atoms with E-state index in [-0.39, 0.29) is 11.7 Å². The van der Waals surface area contributed by atoms with Crippen molar-refractivity contribution in [3.8, 4) is 0 Å². The number of carbonyl (C=O) groups excluding carboxylic acids is 1. The number of carbonyl (C=O) groups is 1. The Morgan fingerprint density at radius 2 is 2.10 bits per heavy atom. The standard InChI is InChI=1S/C8H13FO/c1-2-3-4-5-6-7(9)8(6)10/h6-7H,2-5H2,1H3. The van der Waals surface area contributed by atoms with Crippen molar-refractivity contribution in [2.75, 3.05) is 0 Å². The number of rotatable bonds is 4. The topological polar surface area (TPSA) is 17.1 Å². The van der Waals surface area contributed by atoms with E-state index in [1.165, 1.54) is 0 Å². The summed E-state index contributed by atoms with van der Waals surface area (Å²) < 4.78 is 12.2. The van der Waals surface area contributed by atoms with Gasteiger partial charge < -0.3 is 0 Å². The molecule has 1 saturated carbocycles. The first-order chi connectivity index (χ1) is 4.77. The SMILES string of the molecule is CCCCCC1C(=O)C1F. The minimum atomic E-state index is -1.10. The Kier molecular flexibility index (Phi) is 2.41. The first-order valence-electron chi connectivity index (χ1n) is 3.95. The average molecular weight is 144 g/mol. The first-order valence-corrected chi connectivity index (χ1v) is 3.95. The number of hydrogen-bond acceptors (Lipinski definition) is 1. The van der Waals surface area contributed by atoms with Gasteiger partial charge in [0.1, 0.15) is 0 Å². The third-order valence-electron chi connectivity index (χ3n) is 2.00. The van der Waals surface area contributed by atoms with Crippen molar-refractivity contribution in [3.05, 3.63) is 0 Å². The lowest BCUT2D eigenvalue weighted by molar-refractivity contribution is -0.112. The third kappa shape index (κ3) is 1.55. The van der Waals surface area contributed by atoms with E-state index in [1.54, 1.807) is 0 Å². The molecular weight excluding hydrogens is 131 g/mol. The molecular formula is C8H13FO. The van der Waals surface area contributed by atoms with Gasteiger partial charge in [0.2, 0.25) is 0 Å². The lowest BCUT2D eigenvalue weighted by Gasteiger charge is -1.91. The normalized spacial score (nSPS) is 30.8. The molecule has 1 nitrogen and oxygen atoms in total. The van der Waals surface area contributed by atoms with E-state index in [9.17, 15) is 9.18 Å². The van der Waals surface area contributed by atoms with E-state index in [2.05, 4.69) is 6.92 Å². The van der Waals surface area contributed by atoms with Crippen molar-refractivity contribution in [2.24, 2.45) is 5.92 Å². The Morgan fingerprint density at radius 1 is 1.50 bits per heavy atom. The van der Waals surface area contributed by atoms with E-state index in [4.69, 9.17) is 0 Å². The van der Waals surface area contributed by atoms with Crippen molar-refractivity contribution in [3.63, 3.8) is 0 Å². The quantitative estimate of drug-likeness (QED) is 0.552. The molecule has 0 aromatic carbocycles. The molecule has 1 aliphatic carbocycles. The second-order valence-corrected chi connectivity index (χ2v) is 2.91. The minimum absolute atomic E-state index is 0.170. The molecule has 2 heteroatoms. The van der Waals surface area contributed by atoms with Gasteiger partial charge in [0.15, 0.2) is 12.0 Å². The summed E-state index contributed by atoms with van der Waals surface area (Å²) in [5, 5.41) is 0. The Hall–Kier alpha value is -0.400. The highest BCUT2D eigenvalue weighted by molar-refractivity contribution is 6.01. The summed E-state index contributed by atoms with van der Waals surface area (Å²) in [6.07, 6.45) is 2.94. The summed E-state index contributed by atoms with van der Waals surface area (Å²) in [6, 6.07) is 0. The molecule has 2 unspecified atom stereocenters. The number of Topliss-reactive ketones (excluding diaryl/α,β-unsaturated/α-hetero) is 1. The van der Waals surface area contributed by atoms with Gasteiger partial charge in [-0.3, -0.25) is 4.79 Å². The minimum Gasteiger partial charge on any atom is -0.296 e. The van der Waals surface area contributed by atoms with Gasteiger partial charge in [-0.1, -0.05) is 26.2 Å². The molecule has 10 heavy (non-hydrogen) atoms. The van der Waals surface area contributed by atoms with Crippen LogP contribution in [-0.4, -0.2) is 12.0 Å². The number of halogens is 1. The van der Waals surface area contributed by atoms with E-state index in [0.29, 0.717) is 0 Å². The predicted octanol–water partition coefficient (Wildman–Crippen LogP) is 2.10. The van der Waals surface area contributed by atoms with Gasteiger partial charge in [-0.25, -0.2) is 4.39 Å². The summed E-state index contributed by atoms with van der Waals surface area (Å²) in [4.78, 5) is 10.4. The Bertz CT molecular complexity index is 133. The molecule has 0 bridgehead atoms. The van der Waals surface area contributed by atoms with Crippen LogP contribution in [0.2, 0.25) is 0 Å². The molecule has 0 radical (unpaired) electrons. The zero-order valence-electron chi connectivity index (χ0n) is 6.27. The van der Waals surface area contributed by atoms with E-state index in [1.807, 2.05) is 0 Å². The molecule has 0 aromatic rings. The fraction of sp³-hybridized carbons (Fsp3) is 0.875. The molecule has 1 rings (SSSR count). The van der Waals surface area contributed by atoms with Crippen LogP contribution in [0.3, 0.4) is 0 Å². The van der Waals surface area contributed by atoms with Crippen molar-refractivity contribution in [1.82, 2.24) is 0 Å². The van der Waals surface area contributed by atoms with Gasteiger partial charge in [-0.05, 0) is 6.42 Å². The zero-order chi connectivity index (χ0) is 7.56. The van der Waals surface area contributed by atoms with Crippen LogP contribution in [0.5, 0.6) is 0 Å². The fourth-order valence-corrected chi connectivity index (χ4v) is 1.16. The zero-order valence-corrected chi connectivity index (χ0v) is 6.27. The van der Waals surface area contributed by atoms with E-state index < -0.39 is 6.17 Å². The van der Waals surface area contributed by atoms with Crippen molar-refractivity contribution in [2.45, 2.75) is 38.8 Å². The summed E-state index contributed by atoms with van der Waals surface area (Å²) in [7, 11) is 0. The van der Waals surface area contributed by atoms with Gasteiger partial charge >= 0.3 is 0 Å². The van der Waals surface area contributed by atoms with Crippen LogP contribution < -0.4 is 0 Å². The molecule has 1 aliphatic rings. The summed E-state index contributed by atoms with van der Waals surface area (Å²) >= 11 is 0. The second kappa shape index (κ2) is 3.13. The fourth-order valence-electron chi connectivity index (χ4n) is 1.16. The molecule has 0 heterocycles. The summed E-state index contributed by atoms with van der Waals surface area (Å²) in [5.41, 5.74) is 0. The summed E-state index contributed by atoms with van der Waals surface area (Å²) in [6.45, 7) is 2.10. The van der Waals surface area contributed by atoms with Gasteiger partial charge in [0, 0.05) is 0 Å². The molecule has 0 N–H and O–H groups in total.